The van der Waals surface area contributed by atoms with Crippen molar-refractivity contribution in [1.29, 1.82) is 0 Å². The maximum absolute atomic E-state index is 11.7. The average Bonchev–Trinajstić information content (AvgIpc) is 2.20. The predicted octanol–water partition coefficient (Wildman–Crippen LogP) is 1.05. The van der Waals surface area contributed by atoms with E-state index >= 15 is 0 Å². The molecule has 1 unspecified atom stereocenters. The molecule has 94 valence electrons. The number of carboxylic acid groups (broad SMARTS) is 1. The molecule has 7 heteroatoms. The molecule has 1 atom stereocenters. The van der Waals surface area contributed by atoms with Crippen molar-refractivity contribution in [2.24, 2.45) is 5.92 Å². The third-order valence-corrected chi connectivity index (χ3v) is 1.94. The first-order valence-electron chi connectivity index (χ1n) is 4.96. The third kappa shape index (κ3) is 7.95. The first-order valence-corrected chi connectivity index (χ1v) is 4.96. The molecule has 0 heterocycles. The van der Waals surface area contributed by atoms with E-state index in [-0.39, 0.29) is 6.54 Å². The van der Waals surface area contributed by atoms with E-state index in [9.17, 15) is 18.4 Å². The smallest absolute Gasteiger partial charge is 0.314 e. The van der Waals surface area contributed by atoms with Gasteiger partial charge in [-0.1, -0.05) is 6.92 Å². The van der Waals surface area contributed by atoms with Gasteiger partial charge in [-0.05, 0) is 12.8 Å². The van der Waals surface area contributed by atoms with Gasteiger partial charge in [-0.25, -0.2) is 13.6 Å². The molecule has 3 N–H and O–H groups in total. The Bertz CT molecular complexity index is 237. The molecule has 0 fully saturated rings. The zero-order chi connectivity index (χ0) is 12.6. The minimum absolute atomic E-state index is 0.271. The highest BCUT2D eigenvalue weighted by atomic mass is 19.3. The Morgan fingerprint density at radius 2 is 1.94 bits per heavy atom. The minimum atomic E-state index is -2.57. The van der Waals surface area contributed by atoms with Gasteiger partial charge in [0.05, 0.1) is 12.5 Å². The summed E-state index contributed by atoms with van der Waals surface area (Å²) in [5, 5.41) is 12.9. The van der Waals surface area contributed by atoms with Crippen molar-refractivity contribution in [3.8, 4) is 0 Å². The van der Waals surface area contributed by atoms with Crippen LogP contribution in [0.15, 0.2) is 0 Å². The Balaban J connectivity index is 3.44. The summed E-state index contributed by atoms with van der Waals surface area (Å²) in [5.41, 5.74) is 0. The van der Waals surface area contributed by atoms with Crippen molar-refractivity contribution in [3.63, 3.8) is 0 Å². The maximum atomic E-state index is 11.7. The van der Waals surface area contributed by atoms with E-state index in [0.717, 1.165) is 0 Å². The second-order valence-corrected chi connectivity index (χ2v) is 3.41. The molecule has 0 radical (unpaired) electrons. The van der Waals surface area contributed by atoms with Crippen LogP contribution in [0, 0.1) is 5.92 Å². The van der Waals surface area contributed by atoms with Crippen molar-refractivity contribution >= 4 is 12.0 Å². The summed E-state index contributed by atoms with van der Waals surface area (Å²) in [6, 6.07) is -0.664. The van der Waals surface area contributed by atoms with Gasteiger partial charge in [-0.15, -0.1) is 0 Å². The summed E-state index contributed by atoms with van der Waals surface area (Å²) in [6.45, 7) is 1.16. The van der Waals surface area contributed by atoms with Crippen LogP contribution in [0.5, 0.6) is 0 Å². The number of amides is 2. The summed E-state index contributed by atoms with van der Waals surface area (Å²) in [5.74, 6) is -1.35. The van der Waals surface area contributed by atoms with Gasteiger partial charge in [0.1, 0.15) is 0 Å². The topological polar surface area (TPSA) is 78.4 Å². The number of rotatable bonds is 7. The van der Waals surface area contributed by atoms with Gasteiger partial charge in [0, 0.05) is 6.54 Å². The van der Waals surface area contributed by atoms with Gasteiger partial charge in [0.25, 0.3) is 6.43 Å². The fraction of sp³-hybridized carbons (Fsp3) is 0.778. The lowest BCUT2D eigenvalue weighted by molar-refractivity contribution is -0.141. The van der Waals surface area contributed by atoms with Crippen LogP contribution in [0.25, 0.3) is 0 Å². The van der Waals surface area contributed by atoms with Crippen LogP contribution in [-0.2, 0) is 4.79 Å². The van der Waals surface area contributed by atoms with E-state index in [2.05, 4.69) is 5.32 Å². The standard InChI is InChI=1S/C9H16F2N2O3/c1-6(8(14)15)3-2-4-12-9(16)13-5-7(10)11/h6-7H,2-5H2,1H3,(H,14,15)(H2,12,13,16). The number of carbonyl (C=O) groups excluding carboxylic acids is 1. The van der Waals surface area contributed by atoms with Gasteiger partial charge in [0.2, 0.25) is 0 Å². The highest BCUT2D eigenvalue weighted by Crippen LogP contribution is 2.03. The second kappa shape index (κ2) is 7.84. The number of urea groups is 1. The lowest BCUT2D eigenvalue weighted by atomic mass is 10.1. The Kier molecular flexibility index (Phi) is 7.15. The molecular formula is C9H16F2N2O3. The van der Waals surface area contributed by atoms with Crippen LogP contribution in [0.3, 0.4) is 0 Å². The highest BCUT2D eigenvalue weighted by Gasteiger charge is 2.10. The minimum Gasteiger partial charge on any atom is -0.481 e. The van der Waals surface area contributed by atoms with E-state index in [1.54, 1.807) is 6.92 Å². The molecule has 0 aromatic rings. The van der Waals surface area contributed by atoms with Crippen molar-refractivity contribution in [2.45, 2.75) is 26.2 Å². The normalized spacial score (nSPS) is 12.2. The highest BCUT2D eigenvalue weighted by molar-refractivity contribution is 5.73. The van der Waals surface area contributed by atoms with E-state index < -0.39 is 30.9 Å². The van der Waals surface area contributed by atoms with E-state index in [1.807, 2.05) is 5.32 Å². The molecule has 0 aromatic carbocycles. The molecule has 0 rings (SSSR count). The summed E-state index contributed by atoms with van der Waals surface area (Å²) in [6.07, 6.45) is -1.64. The lowest BCUT2D eigenvalue weighted by Gasteiger charge is -2.08. The Hall–Kier alpha value is -1.40. The molecule has 0 bridgehead atoms. The maximum Gasteiger partial charge on any atom is 0.314 e. The number of aliphatic carboxylic acids is 1. The molecule has 0 aliphatic heterocycles. The number of nitrogens with one attached hydrogen (secondary N) is 2. The first kappa shape index (κ1) is 14.6. The SMILES string of the molecule is CC(CCCNC(=O)NCC(F)F)C(=O)O. The van der Waals surface area contributed by atoms with E-state index in [1.165, 1.54) is 0 Å². The monoisotopic (exact) mass is 238 g/mol. The lowest BCUT2D eigenvalue weighted by Crippen LogP contribution is -2.38. The number of hydrogen-bond donors (Lipinski definition) is 3. The van der Waals surface area contributed by atoms with Gasteiger partial charge in [-0.3, -0.25) is 4.79 Å². The summed E-state index contributed by atoms with van der Waals surface area (Å²) >= 11 is 0. The van der Waals surface area contributed by atoms with Crippen LogP contribution in [0.4, 0.5) is 13.6 Å². The average molecular weight is 238 g/mol. The molecule has 2 amide bonds. The zero-order valence-electron chi connectivity index (χ0n) is 9.00. The molecule has 0 aliphatic rings. The van der Waals surface area contributed by atoms with Crippen LogP contribution < -0.4 is 10.6 Å². The Morgan fingerprint density at radius 3 is 2.44 bits per heavy atom. The second-order valence-electron chi connectivity index (χ2n) is 3.41. The first-order chi connectivity index (χ1) is 7.43. The molecule has 0 aromatic heterocycles. The number of carbonyl (C=O) groups is 2. The molecule has 0 saturated carbocycles. The van der Waals surface area contributed by atoms with Crippen LogP contribution in [-0.4, -0.2) is 36.6 Å². The predicted molar refractivity (Wildman–Crippen MR) is 53.4 cm³/mol. The number of hydrogen-bond acceptors (Lipinski definition) is 2. The number of halogens is 2. The van der Waals surface area contributed by atoms with Crippen LogP contribution >= 0.6 is 0 Å². The van der Waals surface area contributed by atoms with Crippen LogP contribution in [0.1, 0.15) is 19.8 Å². The Morgan fingerprint density at radius 1 is 1.31 bits per heavy atom. The largest absolute Gasteiger partial charge is 0.481 e. The molecular weight excluding hydrogens is 222 g/mol. The molecule has 16 heavy (non-hydrogen) atoms. The third-order valence-electron chi connectivity index (χ3n) is 1.94. The molecule has 0 spiro atoms. The fourth-order valence-corrected chi connectivity index (χ4v) is 0.966. The molecule has 0 saturated heterocycles. The van der Waals surface area contributed by atoms with Gasteiger partial charge >= 0.3 is 12.0 Å². The Labute approximate surface area is 92.2 Å². The van der Waals surface area contributed by atoms with Gasteiger partial charge in [-0.2, -0.15) is 0 Å². The van der Waals surface area contributed by atoms with E-state index in [0.29, 0.717) is 12.8 Å². The molecule has 0 aliphatic carbocycles. The zero-order valence-corrected chi connectivity index (χ0v) is 9.00. The number of carboxylic acids is 1. The summed E-state index contributed by atoms with van der Waals surface area (Å²) in [4.78, 5) is 21.3. The number of alkyl halides is 2. The van der Waals surface area contributed by atoms with Gasteiger partial charge < -0.3 is 15.7 Å². The summed E-state index contributed by atoms with van der Waals surface area (Å²) in [7, 11) is 0. The van der Waals surface area contributed by atoms with Crippen LogP contribution in [0.2, 0.25) is 0 Å². The van der Waals surface area contributed by atoms with E-state index in [4.69, 9.17) is 5.11 Å². The summed E-state index contributed by atoms with van der Waals surface area (Å²) < 4.78 is 23.3. The molecule has 5 nitrogen and oxygen atoms in total. The quantitative estimate of drug-likeness (QED) is 0.580. The van der Waals surface area contributed by atoms with Crippen molar-refractivity contribution in [2.75, 3.05) is 13.1 Å². The van der Waals surface area contributed by atoms with Crippen molar-refractivity contribution in [1.82, 2.24) is 10.6 Å². The van der Waals surface area contributed by atoms with Crippen molar-refractivity contribution < 1.29 is 23.5 Å². The fourth-order valence-electron chi connectivity index (χ4n) is 0.966. The van der Waals surface area contributed by atoms with Crippen molar-refractivity contribution in [3.05, 3.63) is 0 Å². The van der Waals surface area contributed by atoms with Gasteiger partial charge in [0.15, 0.2) is 0 Å².